The van der Waals surface area contributed by atoms with Crippen LogP contribution >= 0.6 is 0 Å². The van der Waals surface area contributed by atoms with Crippen LogP contribution in [-0.2, 0) is 14.9 Å². The average molecular weight is 295 g/mol. The zero-order valence-corrected chi connectivity index (χ0v) is 13.7. The molecule has 0 unspecified atom stereocenters. The molecule has 1 N–H and O–H groups in total. The highest BCUT2D eigenvalue weighted by atomic mass is 32.2. The van der Waals surface area contributed by atoms with E-state index in [2.05, 4.69) is 5.32 Å². The second-order valence-electron chi connectivity index (χ2n) is 4.78. The number of hydrogen-bond donors (Lipinski definition) is 1. The summed E-state index contributed by atoms with van der Waals surface area (Å²) in [6.07, 6.45) is 0.925. The molecule has 0 amide bonds. The molecule has 0 saturated carbocycles. The fraction of sp³-hybridized carbons (Fsp3) is 1.00. The first-order valence-corrected chi connectivity index (χ1v) is 8.22. The van der Waals surface area contributed by atoms with Crippen molar-refractivity contribution in [2.75, 3.05) is 46.9 Å². The van der Waals surface area contributed by atoms with Gasteiger partial charge in [0.1, 0.15) is 0 Å². The number of likely N-dealkylation sites (N-methyl/N-ethyl adjacent to an activating group) is 1. The van der Waals surface area contributed by atoms with E-state index in [1.165, 1.54) is 8.61 Å². The van der Waals surface area contributed by atoms with E-state index in [0.29, 0.717) is 19.7 Å². The maximum atomic E-state index is 12.1. The quantitative estimate of drug-likeness (QED) is 0.565. The Hall–Kier alpha value is -0.210. The molecule has 0 fully saturated rings. The van der Waals surface area contributed by atoms with Gasteiger partial charge in [-0.3, -0.25) is 0 Å². The summed E-state index contributed by atoms with van der Waals surface area (Å²) in [7, 11) is -0.170. The lowest BCUT2D eigenvalue weighted by molar-refractivity contribution is 0.0731. The van der Waals surface area contributed by atoms with Crippen LogP contribution in [0, 0.1) is 0 Å². The molecule has 0 atom stereocenters. The Kier molecular flexibility index (Phi) is 9.55. The van der Waals surface area contributed by atoms with Crippen LogP contribution in [0.4, 0.5) is 0 Å². The fourth-order valence-electron chi connectivity index (χ4n) is 1.49. The minimum Gasteiger partial charge on any atom is -0.377 e. The van der Waals surface area contributed by atoms with Crippen LogP contribution in [0.1, 0.15) is 27.2 Å². The molecule has 0 spiro atoms. The van der Waals surface area contributed by atoms with Gasteiger partial charge in [-0.05, 0) is 33.4 Å². The predicted octanol–water partition coefficient (Wildman–Crippen LogP) is 0.519. The maximum Gasteiger partial charge on any atom is 0.281 e. The molecule has 0 radical (unpaired) electrons. The Morgan fingerprint density at radius 3 is 2.26 bits per heavy atom. The second-order valence-corrected chi connectivity index (χ2v) is 6.92. The first-order chi connectivity index (χ1) is 8.82. The standard InChI is InChI=1S/C12H29N3O3S/c1-6-13-8-7-9-14(4)19(16,17)15(5)10-11-18-12(2)3/h12-13H,6-11H2,1-5H3. The van der Waals surface area contributed by atoms with Gasteiger partial charge in [0.05, 0.1) is 12.7 Å². The third kappa shape index (κ3) is 7.84. The van der Waals surface area contributed by atoms with Crippen LogP contribution in [0.15, 0.2) is 0 Å². The van der Waals surface area contributed by atoms with Gasteiger partial charge in [0.2, 0.25) is 0 Å². The monoisotopic (exact) mass is 295 g/mol. The van der Waals surface area contributed by atoms with Gasteiger partial charge in [0.25, 0.3) is 10.2 Å². The highest BCUT2D eigenvalue weighted by molar-refractivity contribution is 7.86. The van der Waals surface area contributed by atoms with Gasteiger partial charge in [0.15, 0.2) is 0 Å². The summed E-state index contributed by atoms with van der Waals surface area (Å²) in [5, 5.41) is 3.18. The first kappa shape index (κ1) is 18.8. The Labute approximate surface area is 118 Å². The van der Waals surface area contributed by atoms with Crippen molar-refractivity contribution in [1.29, 1.82) is 0 Å². The average Bonchev–Trinajstić information content (AvgIpc) is 2.33. The lowest BCUT2D eigenvalue weighted by Gasteiger charge is -2.24. The number of hydrogen-bond acceptors (Lipinski definition) is 4. The van der Waals surface area contributed by atoms with E-state index in [1.807, 2.05) is 20.8 Å². The van der Waals surface area contributed by atoms with E-state index in [0.717, 1.165) is 19.5 Å². The number of nitrogens with zero attached hydrogens (tertiary/aromatic N) is 2. The van der Waals surface area contributed by atoms with E-state index >= 15 is 0 Å². The molecular formula is C12H29N3O3S. The third-order valence-electron chi connectivity index (χ3n) is 2.72. The van der Waals surface area contributed by atoms with Crippen molar-refractivity contribution in [1.82, 2.24) is 13.9 Å². The van der Waals surface area contributed by atoms with Crippen molar-refractivity contribution in [3.8, 4) is 0 Å². The molecular weight excluding hydrogens is 266 g/mol. The first-order valence-electron chi connectivity index (χ1n) is 6.82. The molecule has 0 aromatic carbocycles. The smallest absolute Gasteiger partial charge is 0.281 e. The molecule has 19 heavy (non-hydrogen) atoms. The van der Waals surface area contributed by atoms with Crippen molar-refractivity contribution in [2.45, 2.75) is 33.3 Å². The van der Waals surface area contributed by atoms with Gasteiger partial charge in [-0.1, -0.05) is 6.92 Å². The molecule has 0 heterocycles. The summed E-state index contributed by atoms with van der Waals surface area (Å²) < 4.78 is 32.4. The molecule has 0 bridgehead atoms. The van der Waals surface area contributed by atoms with Gasteiger partial charge in [0, 0.05) is 27.2 Å². The predicted molar refractivity (Wildman–Crippen MR) is 78.4 cm³/mol. The third-order valence-corrected chi connectivity index (χ3v) is 4.66. The Morgan fingerprint density at radius 2 is 1.74 bits per heavy atom. The van der Waals surface area contributed by atoms with Gasteiger partial charge in [-0.25, -0.2) is 0 Å². The van der Waals surface area contributed by atoms with Crippen molar-refractivity contribution in [3.05, 3.63) is 0 Å². The highest BCUT2D eigenvalue weighted by Gasteiger charge is 2.22. The molecule has 7 heteroatoms. The van der Waals surface area contributed by atoms with Crippen LogP contribution in [0.3, 0.4) is 0 Å². The fourth-order valence-corrected chi connectivity index (χ4v) is 2.63. The zero-order chi connectivity index (χ0) is 14.9. The van der Waals surface area contributed by atoms with Crippen molar-refractivity contribution < 1.29 is 13.2 Å². The van der Waals surface area contributed by atoms with E-state index in [4.69, 9.17) is 4.74 Å². The summed E-state index contributed by atoms with van der Waals surface area (Å²) in [6.45, 7) is 8.94. The van der Waals surface area contributed by atoms with Crippen LogP contribution in [0.5, 0.6) is 0 Å². The SMILES string of the molecule is CCNCCCN(C)S(=O)(=O)N(C)CCOC(C)C. The van der Waals surface area contributed by atoms with Crippen molar-refractivity contribution in [2.24, 2.45) is 0 Å². The second kappa shape index (κ2) is 9.66. The number of ether oxygens (including phenoxy) is 1. The lowest BCUT2D eigenvalue weighted by atomic mass is 10.4. The van der Waals surface area contributed by atoms with Crippen molar-refractivity contribution in [3.63, 3.8) is 0 Å². The van der Waals surface area contributed by atoms with E-state index in [1.54, 1.807) is 14.1 Å². The van der Waals surface area contributed by atoms with Crippen LogP contribution in [0.2, 0.25) is 0 Å². The topological polar surface area (TPSA) is 61.9 Å². The zero-order valence-electron chi connectivity index (χ0n) is 12.8. The summed E-state index contributed by atoms with van der Waals surface area (Å²) in [4.78, 5) is 0. The largest absolute Gasteiger partial charge is 0.377 e. The Morgan fingerprint density at radius 1 is 1.16 bits per heavy atom. The van der Waals surface area contributed by atoms with Gasteiger partial charge in [-0.2, -0.15) is 17.0 Å². The summed E-state index contributed by atoms with van der Waals surface area (Å²) in [6, 6.07) is 0. The lowest BCUT2D eigenvalue weighted by Crippen LogP contribution is -2.42. The number of rotatable bonds is 11. The summed E-state index contributed by atoms with van der Waals surface area (Å²) >= 11 is 0. The highest BCUT2D eigenvalue weighted by Crippen LogP contribution is 2.04. The van der Waals surface area contributed by atoms with Crippen LogP contribution in [-0.4, -0.2) is 70.0 Å². The van der Waals surface area contributed by atoms with E-state index < -0.39 is 10.2 Å². The number of nitrogens with one attached hydrogen (secondary N) is 1. The molecule has 0 aliphatic heterocycles. The Bertz CT molecular complexity index is 320. The molecule has 0 aliphatic rings. The van der Waals surface area contributed by atoms with E-state index in [9.17, 15) is 8.42 Å². The van der Waals surface area contributed by atoms with Crippen molar-refractivity contribution >= 4 is 10.2 Å². The minimum absolute atomic E-state index is 0.119. The molecule has 0 aliphatic carbocycles. The molecule has 116 valence electrons. The molecule has 0 rings (SSSR count). The molecule has 0 saturated heterocycles. The van der Waals surface area contributed by atoms with Crippen LogP contribution in [0.25, 0.3) is 0 Å². The summed E-state index contributed by atoms with van der Waals surface area (Å²) in [5.74, 6) is 0. The molecule has 6 nitrogen and oxygen atoms in total. The van der Waals surface area contributed by atoms with E-state index in [-0.39, 0.29) is 6.10 Å². The summed E-state index contributed by atoms with van der Waals surface area (Å²) in [5.41, 5.74) is 0. The van der Waals surface area contributed by atoms with Gasteiger partial charge in [-0.15, -0.1) is 0 Å². The Balaban J connectivity index is 4.11. The van der Waals surface area contributed by atoms with Gasteiger partial charge < -0.3 is 10.1 Å². The maximum absolute atomic E-state index is 12.1. The van der Waals surface area contributed by atoms with Gasteiger partial charge >= 0.3 is 0 Å². The van der Waals surface area contributed by atoms with Crippen LogP contribution < -0.4 is 5.32 Å². The molecule has 0 aromatic rings. The minimum atomic E-state index is -3.37. The normalized spacial score (nSPS) is 12.8. The molecule has 0 aromatic heterocycles.